The van der Waals surface area contributed by atoms with E-state index < -0.39 is 8.32 Å². The Hall–Kier alpha value is -2.88. The van der Waals surface area contributed by atoms with Crippen molar-refractivity contribution in [2.45, 2.75) is 52.5 Å². The summed E-state index contributed by atoms with van der Waals surface area (Å²) < 4.78 is 7.18. The Labute approximate surface area is 205 Å². The minimum Gasteiger partial charge on any atom is -0.407 e. The highest BCUT2D eigenvalue weighted by atomic mass is 28.4. The number of fused-ring (bicyclic) bond motifs is 1. The van der Waals surface area contributed by atoms with Crippen molar-refractivity contribution >= 4 is 29.6 Å². The molecule has 34 heavy (non-hydrogen) atoms. The molecule has 4 aromatic rings. The van der Waals surface area contributed by atoms with E-state index in [9.17, 15) is 0 Å². The predicted molar refractivity (Wildman–Crippen MR) is 149 cm³/mol. The third kappa shape index (κ3) is 4.82. The van der Waals surface area contributed by atoms with Crippen molar-refractivity contribution in [3.8, 4) is 0 Å². The number of nitrogens with one attached hydrogen (secondary N) is 1. The second-order valence-corrected chi connectivity index (χ2v) is 14.7. The molecule has 2 nitrogen and oxygen atoms in total. The lowest BCUT2D eigenvalue weighted by atomic mass is 10.1. The van der Waals surface area contributed by atoms with E-state index in [0.717, 1.165) is 12.8 Å². The summed E-state index contributed by atoms with van der Waals surface area (Å²) in [6, 6.07) is 30.5. The van der Waals surface area contributed by atoms with E-state index in [1.807, 2.05) is 0 Å². The van der Waals surface area contributed by atoms with Crippen LogP contribution in [0.5, 0.6) is 0 Å². The molecule has 0 radical (unpaired) electrons. The molecule has 0 bridgehead atoms. The molecule has 0 unspecified atom stereocenters. The molecular weight excluding hydrogens is 430 g/mol. The highest BCUT2D eigenvalue weighted by Crippen LogP contribution is 2.37. The first kappa shape index (κ1) is 24.2. The zero-order valence-electron chi connectivity index (χ0n) is 21.2. The second-order valence-electron chi connectivity index (χ2n) is 10.4. The smallest absolute Gasteiger partial charge is 0.261 e. The van der Waals surface area contributed by atoms with Crippen molar-refractivity contribution in [3.05, 3.63) is 108 Å². The van der Waals surface area contributed by atoms with Gasteiger partial charge in [0.05, 0.1) is 0 Å². The normalized spacial score (nSPS) is 12.1. The van der Waals surface area contributed by atoms with Crippen LogP contribution in [0, 0.1) is 0 Å². The van der Waals surface area contributed by atoms with Crippen LogP contribution in [0.4, 0.5) is 0 Å². The van der Waals surface area contributed by atoms with Gasteiger partial charge in [-0.25, -0.2) is 0 Å². The van der Waals surface area contributed by atoms with Crippen LogP contribution in [-0.2, 0) is 17.3 Å². The van der Waals surface area contributed by atoms with Gasteiger partial charge in [-0.15, -0.1) is 0 Å². The minimum absolute atomic E-state index is 0.0131. The lowest BCUT2D eigenvalue weighted by molar-refractivity contribution is 0.302. The summed E-state index contributed by atoms with van der Waals surface area (Å²) in [7, 11) is -2.53. The average Bonchev–Trinajstić information content (AvgIpc) is 3.18. The van der Waals surface area contributed by atoms with E-state index in [1.54, 1.807) is 0 Å². The monoisotopic (exact) mass is 467 g/mol. The van der Waals surface area contributed by atoms with Crippen LogP contribution >= 0.6 is 0 Å². The fraction of sp³-hybridized carbons (Fsp3) is 0.290. The van der Waals surface area contributed by atoms with E-state index in [2.05, 4.69) is 131 Å². The van der Waals surface area contributed by atoms with Crippen molar-refractivity contribution in [1.82, 2.24) is 4.98 Å². The third-order valence-electron chi connectivity index (χ3n) is 6.70. The maximum Gasteiger partial charge on any atom is 0.261 e. The summed E-state index contributed by atoms with van der Waals surface area (Å²) in [5.74, 6) is 0. The predicted octanol–water partition coefficient (Wildman–Crippen LogP) is 6.80. The molecule has 0 saturated carbocycles. The Kier molecular flexibility index (Phi) is 7.25. The van der Waals surface area contributed by atoms with Gasteiger partial charge in [0.2, 0.25) is 0 Å². The topological polar surface area (TPSA) is 25.0 Å². The van der Waals surface area contributed by atoms with Crippen molar-refractivity contribution < 1.29 is 4.43 Å². The SMILES string of the molecule is CC(C)=CCc1[nH]c2ccccc2c1CCO[Si](c1ccccc1)(c1ccccc1)C(C)(C)C. The summed E-state index contributed by atoms with van der Waals surface area (Å²) in [5.41, 5.74) is 5.23. The first-order valence-electron chi connectivity index (χ1n) is 12.3. The standard InChI is InChI=1S/C31H37NOSi/c1-24(2)20-21-30-28(27-18-12-13-19-29(27)32-30)22-23-33-34(31(3,4)5,25-14-8-6-9-15-25)26-16-10-7-11-17-26/h6-20,32H,21-23H2,1-5H3. The van der Waals surface area contributed by atoms with Crippen molar-refractivity contribution in [1.29, 1.82) is 0 Å². The Morgan fingerprint density at radius 3 is 1.94 bits per heavy atom. The van der Waals surface area contributed by atoms with Gasteiger partial charge < -0.3 is 9.41 Å². The maximum atomic E-state index is 7.18. The van der Waals surface area contributed by atoms with Gasteiger partial charge in [0.1, 0.15) is 0 Å². The minimum atomic E-state index is -2.53. The summed E-state index contributed by atoms with van der Waals surface area (Å²) in [4.78, 5) is 3.67. The molecule has 3 aromatic carbocycles. The summed E-state index contributed by atoms with van der Waals surface area (Å²) in [5, 5.41) is 3.96. The zero-order valence-corrected chi connectivity index (χ0v) is 22.2. The van der Waals surface area contributed by atoms with Crippen molar-refractivity contribution in [2.75, 3.05) is 6.61 Å². The first-order valence-corrected chi connectivity index (χ1v) is 14.2. The number of benzene rings is 3. The Balaban J connectivity index is 1.72. The van der Waals surface area contributed by atoms with Gasteiger partial charge in [-0.05, 0) is 47.3 Å². The third-order valence-corrected chi connectivity index (χ3v) is 11.7. The van der Waals surface area contributed by atoms with E-state index >= 15 is 0 Å². The van der Waals surface area contributed by atoms with Crippen LogP contribution in [0.1, 0.15) is 45.9 Å². The fourth-order valence-corrected chi connectivity index (χ4v) is 9.65. The van der Waals surface area contributed by atoms with Gasteiger partial charge in [0.25, 0.3) is 8.32 Å². The largest absolute Gasteiger partial charge is 0.407 e. The molecule has 176 valence electrons. The summed E-state index contributed by atoms with van der Waals surface area (Å²) >= 11 is 0. The quantitative estimate of drug-likeness (QED) is 0.224. The van der Waals surface area contributed by atoms with Crippen LogP contribution in [0.25, 0.3) is 10.9 Å². The fourth-order valence-electron chi connectivity index (χ4n) is 5.09. The average molecular weight is 468 g/mol. The number of H-pyrrole nitrogens is 1. The number of aromatic nitrogens is 1. The lowest BCUT2D eigenvalue weighted by Gasteiger charge is -2.43. The maximum absolute atomic E-state index is 7.18. The number of hydrogen-bond acceptors (Lipinski definition) is 1. The van der Waals surface area contributed by atoms with E-state index in [4.69, 9.17) is 4.43 Å². The van der Waals surface area contributed by atoms with Gasteiger partial charge in [0, 0.05) is 29.6 Å². The van der Waals surface area contributed by atoms with Gasteiger partial charge in [-0.3, -0.25) is 0 Å². The highest BCUT2D eigenvalue weighted by molar-refractivity contribution is 6.99. The van der Waals surface area contributed by atoms with Gasteiger partial charge in [-0.1, -0.05) is 111 Å². The number of para-hydroxylation sites is 1. The van der Waals surface area contributed by atoms with Gasteiger partial charge in [0.15, 0.2) is 0 Å². The molecule has 0 spiro atoms. The molecule has 0 atom stereocenters. The van der Waals surface area contributed by atoms with Crippen molar-refractivity contribution in [3.63, 3.8) is 0 Å². The molecule has 0 aliphatic rings. The number of aromatic amines is 1. The molecule has 0 amide bonds. The Morgan fingerprint density at radius 1 is 0.824 bits per heavy atom. The molecule has 0 aliphatic carbocycles. The van der Waals surface area contributed by atoms with Crippen LogP contribution in [0.15, 0.2) is 96.6 Å². The lowest BCUT2D eigenvalue weighted by Crippen LogP contribution is -2.66. The molecule has 3 heteroatoms. The van der Waals surface area contributed by atoms with Crippen molar-refractivity contribution in [2.24, 2.45) is 0 Å². The molecule has 1 aromatic heterocycles. The molecule has 1 heterocycles. The second kappa shape index (κ2) is 10.2. The van der Waals surface area contributed by atoms with Crippen LogP contribution in [-0.4, -0.2) is 19.9 Å². The number of allylic oxidation sites excluding steroid dienone is 2. The number of rotatable bonds is 8. The molecule has 0 saturated heterocycles. The molecule has 0 aliphatic heterocycles. The first-order chi connectivity index (χ1) is 16.3. The highest BCUT2D eigenvalue weighted by Gasteiger charge is 2.50. The molecule has 0 fully saturated rings. The van der Waals surface area contributed by atoms with E-state index in [-0.39, 0.29) is 5.04 Å². The molecule has 4 rings (SSSR count). The van der Waals surface area contributed by atoms with Crippen LogP contribution in [0.3, 0.4) is 0 Å². The number of hydrogen-bond donors (Lipinski definition) is 1. The summed E-state index contributed by atoms with van der Waals surface area (Å²) in [6.07, 6.45) is 4.11. The Bertz CT molecular complexity index is 1210. The van der Waals surface area contributed by atoms with Crippen LogP contribution < -0.4 is 10.4 Å². The molecule has 1 N–H and O–H groups in total. The Morgan fingerprint density at radius 2 is 1.38 bits per heavy atom. The zero-order chi connectivity index (χ0) is 24.2. The van der Waals surface area contributed by atoms with E-state index in [0.29, 0.717) is 6.61 Å². The molecular formula is C31H37NOSi. The van der Waals surface area contributed by atoms with Crippen LogP contribution in [0.2, 0.25) is 5.04 Å². The van der Waals surface area contributed by atoms with E-state index in [1.165, 1.54) is 38.1 Å². The van der Waals surface area contributed by atoms with Gasteiger partial charge in [-0.2, -0.15) is 0 Å². The van der Waals surface area contributed by atoms with Gasteiger partial charge >= 0.3 is 0 Å². The summed E-state index contributed by atoms with van der Waals surface area (Å²) in [6.45, 7) is 12.0.